The standard InChI is InChI=1S/C12H18BNO2/c1-9-6-7-14-10(8-9)13-15-11(2,3)12(4,5)16-13/h6-8H,1-5H3/i1D3,6D,7D,8D. The zero-order valence-corrected chi connectivity index (χ0v) is 9.84. The topological polar surface area (TPSA) is 31.4 Å². The highest BCUT2D eigenvalue weighted by atomic mass is 16.7. The van der Waals surface area contributed by atoms with E-state index in [-0.39, 0.29) is 5.59 Å². The van der Waals surface area contributed by atoms with Crippen LogP contribution in [0, 0.1) is 6.85 Å². The molecular formula is C12H18BNO2. The van der Waals surface area contributed by atoms with Crippen molar-refractivity contribution < 1.29 is 17.5 Å². The van der Waals surface area contributed by atoms with E-state index in [1.807, 2.05) is 27.7 Å². The monoisotopic (exact) mass is 225 g/mol. The number of pyridine rings is 1. The predicted octanol–water partition coefficient (Wildman–Crippen LogP) is 1.69. The lowest BCUT2D eigenvalue weighted by Crippen LogP contribution is -2.41. The first-order chi connectivity index (χ1) is 9.78. The molecule has 4 heteroatoms. The Morgan fingerprint density at radius 3 is 2.50 bits per heavy atom. The van der Waals surface area contributed by atoms with E-state index < -0.39 is 49.0 Å². The van der Waals surface area contributed by atoms with Crippen molar-refractivity contribution in [2.24, 2.45) is 0 Å². The van der Waals surface area contributed by atoms with Gasteiger partial charge in [-0.25, -0.2) is 0 Å². The van der Waals surface area contributed by atoms with Gasteiger partial charge in [0.25, 0.3) is 0 Å². The lowest BCUT2D eigenvalue weighted by molar-refractivity contribution is 0.00578. The molecule has 0 aromatic carbocycles. The number of rotatable bonds is 1. The van der Waals surface area contributed by atoms with Gasteiger partial charge in [-0.2, -0.15) is 0 Å². The third-order valence-electron chi connectivity index (χ3n) is 3.09. The number of nitrogens with zero attached hydrogens (tertiary/aromatic N) is 1. The zero-order valence-electron chi connectivity index (χ0n) is 15.8. The molecule has 0 aliphatic carbocycles. The van der Waals surface area contributed by atoms with E-state index in [9.17, 15) is 0 Å². The van der Waals surface area contributed by atoms with E-state index in [0.29, 0.717) is 0 Å². The van der Waals surface area contributed by atoms with Gasteiger partial charge in [0.1, 0.15) is 0 Å². The molecule has 0 bridgehead atoms. The maximum atomic E-state index is 8.08. The molecule has 0 unspecified atom stereocenters. The van der Waals surface area contributed by atoms with Crippen LogP contribution in [0.1, 0.15) is 41.5 Å². The number of aromatic nitrogens is 1. The Morgan fingerprint density at radius 2 is 1.94 bits per heavy atom. The van der Waals surface area contributed by atoms with Crippen molar-refractivity contribution in [3.63, 3.8) is 0 Å². The molecule has 3 nitrogen and oxygen atoms in total. The molecule has 0 amide bonds. The van der Waals surface area contributed by atoms with Crippen molar-refractivity contribution in [3.8, 4) is 0 Å². The second-order valence-electron chi connectivity index (χ2n) is 4.82. The molecule has 1 aliphatic heterocycles. The Balaban J connectivity index is 2.58. The van der Waals surface area contributed by atoms with Crippen LogP contribution >= 0.6 is 0 Å². The average molecular weight is 225 g/mol. The van der Waals surface area contributed by atoms with Crippen LogP contribution in [0.4, 0.5) is 0 Å². The minimum absolute atomic E-state index is 0.0780. The van der Waals surface area contributed by atoms with Crippen LogP contribution in [0.5, 0.6) is 0 Å². The summed E-state index contributed by atoms with van der Waals surface area (Å²) in [5.41, 5.74) is -1.93. The predicted molar refractivity (Wildman–Crippen MR) is 64.7 cm³/mol. The smallest absolute Gasteiger partial charge is 0.398 e. The molecule has 0 saturated carbocycles. The minimum Gasteiger partial charge on any atom is -0.398 e. The fourth-order valence-electron chi connectivity index (χ4n) is 1.40. The van der Waals surface area contributed by atoms with E-state index in [0.717, 1.165) is 0 Å². The van der Waals surface area contributed by atoms with Crippen molar-refractivity contribution in [1.82, 2.24) is 4.98 Å². The van der Waals surface area contributed by atoms with Gasteiger partial charge >= 0.3 is 7.12 Å². The summed E-state index contributed by atoms with van der Waals surface area (Å²) >= 11 is 0. The summed E-state index contributed by atoms with van der Waals surface area (Å²) in [7, 11) is -1.04. The van der Waals surface area contributed by atoms with E-state index in [1.165, 1.54) is 0 Å². The average Bonchev–Trinajstić information content (AvgIpc) is 2.51. The Kier molecular flexibility index (Phi) is 1.38. The van der Waals surface area contributed by atoms with Gasteiger partial charge in [0.15, 0.2) is 0 Å². The molecule has 86 valence electrons. The summed E-state index contributed by atoms with van der Waals surface area (Å²) in [4.78, 5) is 3.85. The van der Waals surface area contributed by atoms with Crippen LogP contribution in [0.25, 0.3) is 0 Å². The van der Waals surface area contributed by atoms with Gasteiger partial charge in [-0.3, -0.25) is 4.98 Å². The van der Waals surface area contributed by atoms with Crippen LogP contribution in [0.3, 0.4) is 0 Å². The van der Waals surface area contributed by atoms with Crippen LogP contribution in [-0.2, 0) is 9.31 Å². The van der Waals surface area contributed by atoms with Crippen LogP contribution in [0.2, 0.25) is 0 Å². The molecule has 0 radical (unpaired) electrons. The number of hydrogen-bond acceptors (Lipinski definition) is 3. The zero-order chi connectivity index (χ0) is 17.1. The summed E-state index contributed by atoms with van der Waals surface area (Å²) in [6, 6.07) is -0.996. The summed E-state index contributed by atoms with van der Waals surface area (Å²) in [6.07, 6.45) is -0.508. The van der Waals surface area contributed by atoms with Gasteiger partial charge < -0.3 is 9.31 Å². The highest BCUT2D eigenvalue weighted by molar-refractivity contribution is 6.61. The van der Waals surface area contributed by atoms with E-state index in [4.69, 9.17) is 17.5 Å². The SMILES string of the molecule is [2H]c1nc(B2OC(C)(C)C(C)(C)O2)c([2H])c(C([2H])([2H])[2H])c1[2H]. The highest BCUT2D eigenvalue weighted by Crippen LogP contribution is 2.36. The van der Waals surface area contributed by atoms with Crippen molar-refractivity contribution in [3.05, 3.63) is 23.8 Å². The summed E-state index contributed by atoms with van der Waals surface area (Å²) in [5, 5.41) is 0. The van der Waals surface area contributed by atoms with Gasteiger partial charge in [0.2, 0.25) is 0 Å². The van der Waals surface area contributed by atoms with Gasteiger partial charge in [-0.05, 0) is 52.2 Å². The van der Waals surface area contributed by atoms with Crippen LogP contribution < -0.4 is 5.59 Å². The minimum atomic E-state index is -2.68. The first-order valence-electron chi connectivity index (χ1n) is 8.12. The van der Waals surface area contributed by atoms with Gasteiger partial charge in [-0.1, -0.05) is 0 Å². The molecule has 1 saturated heterocycles. The molecular weight excluding hydrogens is 201 g/mol. The third-order valence-corrected chi connectivity index (χ3v) is 3.09. The van der Waals surface area contributed by atoms with Gasteiger partial charge in [-0.15, -0.1) is 0 Å². The molecule has 2 rings (SSSR count). The molecule has 1 aliphatic rings. The van der Waals surface area contributed by atoms with Gasteiger partial charge in [0, 0.05) is 10.3 Å². The van der Waals surface area contributed by atoms with Crippen molar-refractivity contribution in [2.45, 2.75) is 45.7 Å². The van der Waals surface area contributed by atoms with E-state index in [2.05, 4.69) is 4.98 Å². The fraction of sp³-hybridized carbons (Fsp3) is 0.583. The second kappa shape index (κ2) is 3.57. The maximum Gasteiger partial charge on any atom is 0.514 e. The molecule has 16 heavy (non-hydrogen) atoms. The first-order valence-corrected chi connectivity index (χ1v) is 5.12. The third kappa shape index (κ3) is 1.87. The van der Waals surface area contributed by atoms with E-state index in [1.54, 1.807) is 0 Å². The quantitative estimate of drug-likeness (QED) is 0.681. The molecule has 1 aromatic rings. The van der Waals surface area contributed by atoms with Crippen molar-refractivity contribution in [2.75, 3.05) is 0 Å². The molecule has 1 aromatic heterocycles. The van der Waals surface area contributed by atoms with Crippen LogP contribution in [-0.4, -0.2) is 23.3 Å². The first kappa shape index (κ1) is 6.17. The molecule has 2 heterocycles. The van der Waals surface area contributed by atoms with Crippen molar-refractivity contribution in [1.29, 1.82) is 0 Å². The maximum absolute atomic E-state index is 8.08. The van der Waals surface area contributed by atoms with Gasteiger partial charge in [0.05, 0.1) is 20.9 Å². The Bertz CT molecular complexity index is 601. The normalized spacial score (nSPS) is 28.6. The van der Waals surface area contributed by atoms with Crippen molar-refractivity contribution >= 4 is 12.7 Å². The largest absolute Gasteiger partial charge is 0.514 e. The summed E-state index contributed by atoms with van der Waals surface area (Å²) in [5.74, 6) is 0. The molecule has 1 fully saturated rings. The lowest BCUT2D eigenvalue weighted by atomic mass is 9.83. The Labute approximate surface area is 106 Å². The molecule has 0 N–H and O–H groups in total. The highest BCUT2D eigenvalue weighted by Gasteiger charge is 2.52. The summed E-state index contributed by atoms with van der Waals surface area (Å²) in [6.45, 7) is 4.61. The Morgan fingerprint density at radius 1 is 1.31 bits per heavy atom. The second-order valence-corrected chi connectivity index (χ2v) is 4.82. The fourth-order valence-corrected chi connectivity index (χ4v) is 1.40. The lowest BCUT2D eigenvalue weighted by Gasteiger charge is -2.32. The summed E-state index contributed by atoms with van der Waals surface area (Å²) < 4.78 is 57.4. The Hall–Kier alpha value is -0.865. The number of hydrogen-bond donors (Lipinski definition) is 0. The molecule has 0 atom stereocenters. The molecule has 0 spiro atoms. The van der Waals surface area contributed by atoms with E-state index >= 15 is 0 Å². The van der Waals surface area contributed by atoms with Crippen LogP contribution in [0.15, 0.2) is 18.3 Å².